The lowest BCUT2D eigenvalue weighted by atomic mass is 10.1. The molecule has 0 saturated carbocycles. The predicted octanol–water partition coefficient (Wildman–Crippen LogP) is 4.68. The summed E-state index contributed by atoms with van der Waals surface area (Å²) in [6.45, 7) is 3.07. The lowest BCUT2D eigenvalue weighted by molar-refractivity contribution is 0.146. The van der Waals surface area contributed by atoms with E-state index in [1.54, 1.807) is 19.2 Å². The third-order valence-electron chi connectivity index (χ3n) is 3.24. The Labute approximate surface area is 135 Å². The third-order valence-corrected chi connectivity index (χ3v) is 3.53. The number of halogens is 2. The molecule has 0 aromatic heterocycles. The van der Waals surface area contributed by atoms with E-state index >= 15 is 0 Å². The van der Waals surface area contributed by atoms with Crippen molar-refractivity contribution in [3.63, 3.8) is 0 Å². The molecule has 1 unspecified atom stereocenters. The topological polar surface area (TPSA) is 30.5 Å². The highest BCUT2D eigenvalue weighted by Gasteiger charge is 2.08. The average molecular weight is 324 g/mol. The van der Waals surface area contributed by atoms with Crippen molar-refractivity contribution in [3.05, 3.63) is 58.9 Å². The van der Waals surface area contributed by atoms with Gasteiger partial charge in [0.15, 0.2) is 0 Å². The normalized spacial score (nSPS) is 12.0. The Balaban J connectivity index is 1.96. The maximum Gasteiger partial charge on any atom is 0.141 e. The highest BCUT2D eigenvalue weighted by Crippen LogP contribution is 2.24. The van der Waals surface area contributed by atoms with Crippen LogP contribution in [0.25, 0.3) is 0 Å². The lowest BCUT2D eigenvalue weighted by Gasteiger charge is -2.16. The highest BCUT2D eigenvalue weighted by atomic mass is 35.5. The maximum absolute atomic E-state index is 13.2. The van der Waals surface area contributed by atoms with Gasteiger partial charge < -0.3 is 14.8 Å². The van der Waals surface area contributed by atoms with Gasteiger partial charge in [0.05, 0.1) is 11.6 Å². The van der Waals surface area contributed by atoms with Gasteiger partial charge in [0.1, 0.15) is 18.2 Å². The van der Waals surface area contributed by atoms with Crippen LogP contribution in [0.5, 0.6) is 5.75 Å². The molecule has 2 aromatic carbocycles. The van der Waals surface area contributed by atoms with Gasteiger partial charge in [-0.05, 0) is 48.9 Å². The Morgan fingerprint density at radius 3 is 2.50 bits per heavy atom. The van der Waals surface area contributed by atoms with E-state index in [4.69, 9.17) is 21.1 Å². The van der Waals surface area contributed by atoms with Gasteiger partial charge in [-0.2, -0.15) is 0 Å². The second kappa shape index (κ2) is 8.01. The summed E-state index contributed by atoms with van der Waals surface area (Å²) in [6, 6.07) is 12.4. The van der Waals surface area contributed by atoms with Gasteiger partial charge in [-0.3, -0.25) is 0 Å². The van der Waals surface area contributed by atoms with Crippen LogP contribution < -0.4 is 10.1 Å². The van der Waals surface area contributed by atoms with Gasteiger partial charge >= 0.3 is 0 Å². The Morgan fingerprint density at radius 2 is 1.86 bits per heavy atom. The number of benzene rings is 2. The molecule has 1 atom stereocenters. The van der Waals surface area contributed by atoms with Crippen LogP contribution in [0.1, 0.15) is 18.5 Å². The quantitative estimate of drug-likeness (QED) is 0.751. The molecule has 0 amide bonds. The molecule has 0 aliphatic rings. The van der Waals surface area contributed by atoms with Crippen molar-refractivity contribution in [2.45, 2.75) is 13.0 Å². The molecule has 0 aliphatic heterocycles. The molecular weight excluding hydrogens is 305 g/mol. The number of hydrogen-bond donors (Lipinski definition) is 1. The molecule has 0 heterocycles. The van der Waals surface area contributed by atoms with Crippen molar-refractivity contribution in [3.8, 4) is 5.75 Å². The van der Waals surface area contributed by atoms with Crippen LogP contribution >= 0.6 is 11.6 Å². The first-order valence-electron chi connectivity index (χ1n) is 7.03. The number of methoxy groups -OCH3 is 1. The van der Waals surface area contributed by atoms with Crippen LogP contribution in [-0.2, 0) is 4.74 Å². The fourth-order valence-electron chi connectivity index (χ4n) is 2.01. The Kier molecular flexibility index (Phi) is 6.04. The summed E-state index contributed by atoms with van der Waals surface area (Å²) in [5.74, 6) is 0.384. The van der Waals surface area contributed by atoms with E-state index in [0.717, 1.165) is 17.0 Å². The maximum atomic E-state index is 13.2. The minimum Gasteiger partial charge on any atom is -0.491 e. The summed E-state index contributed by atoms with van der Waals surface area (Å²) in [4.78, 5) is 0. The van der Waals surface area contributed by atoms with E-state index in [9.17, 15) is 4.39 Å². The smallest absolute Gasteiger partial charge is 0.141 e. The fraction of sp³-hybridized carbons (Fsp3) is 0.294. The van der Waals surface area contributed by atoms with Crippen molar-refractivity contribution in [1.29, 1.82) is 0 Å². The van der Waals surface area contributed by atoms with E-state index in [0.29, 0.717) is 13.2 Å². The molecule has 0 aliphatic carbocycles. The van der Waals surface area contributed by atoms with E-state index in [1.165, 1.54) is 6.07 Å². The molecule has 2 aromatic rings. The minimum absolute atomic E-state index is 0.0124. The van der Waals surface area contributed by atoms with Gasteiger partial charge in [-0.1, -0.05) is 17.7 Å². The van der Waals surface area contributed by atoms with Crippen molar-refractivity contribution in [2.75, 3.05) is 25.6 Å². The number of hydrogen-bond acceptors (Lipinski definition) is 3. The molecular formula is C17H19ClFNO2. The number of nitrogens with one attached hydrogen (secondary N) is 1. The van der Waals surface area contributed by atoms with Crippen LogP contribution in [0, 0.1) is 5.82 Å². The van der Waals surface area contributed by atoms with E-state index in [2.05, 4.69) is 5.32 Å². The highest BCUT2D eigenvalue weighted by molar-refractivity contribution is 6.30. The third kappa shape index (κ3) is 4.61. The van der Waals surface area contributed by atoms with E-state index < -0.39 is 5.82 Å². The Morgan fingerprint density at radius 1 is 1.14 bits per heavy atom. The summed E-state index contributed by atoms with van der Waals surface area (Å²) in [5.41, 5.74) is 1.87. The largest absolute Gasteiger partial charge is 0.491 e. The summed E-state index contributed by atoms with van der Waals surface area (Å²) in [5, 5.41) is 3.47. The van der Waals surface area contributed by atoms with Crippen LogP contribution in [0.3, 0.4) is 0 Å². The zero-order chi connectivity index (χ0) is 15.9. The van der Waals surface area contributed by atoms with Crippen molar-refractivity contribution < 1.29 is 13.9 Å². The fourth-order valence-corrected chi connectivity index (χ4v) is 2.19. The van der Waals surface area contributed by atoms with Crippen LogP contribution in [0.4, 0.5) is 10.1 Å². The van der Waals surface area contributed by atoms with Crippen LogP contribution in [-0.4, -0.2) is 20.3 Å². The predicted molar refractivity (Wildman–Crippen MR) is 87.3 cm³/mol. The van der Waals surface area contributed by atoms with Gasteiger partial charge in [0.25, 0.3) is 0 Å². The SMILES string of the molecule is COCCOc1ccc(NC(C)c2ccc(F)c(Cl)c2)cc1. The van der Waals surface area contributed by atoms with E-state index in [-0.39, 0.29) is 11.1 Å². The van der Waals surface area contributed by atoms with Crippen molar-refractivity contribution >= 4 is 17.3 Å². The van der Waals surface area contributed by atoms with E-state index in [1.807, 2.05) is 31.2 Å². The molecule has 3 nitrogen and oxygen atoms in total. The first-order valence-corrected chi connectivity index (χ1v) is 7.41. The molecule has 0 spiro atoms. The molecule has 1 N–H and O–H groups in total. The summed E-state index contributed by atoms with van der Waals surface area (Å²) in [6.07, 6.45) is 0. The first-order chi connectivity index (χ1) is 10.6. The van der Waals surface area contributed by atoms with Crippen LogP contribution in [0.2, 0.25) is 5.02 Å². The second-order valence-corrected chi connectivity index (χ2v) is 5.31. The number of anilines is 1. The van der Waals surface area contributed by atoms with Gasteiger partial charge in [0, 0.05) is 18.8 Å². The zero-order valence-electron chi connectivity index (χ0n) is 12.6. The lowest BCUT2D eigenvalue weighted by Crippen LogP contribution is -2.07. The molecule has 0 fully saturated rings. The molecule has 22 heavy (non-hydrogen) atoms. The van der Waals surface area contributed by atoms with Crippen molar-refractivity contribution in [1.82, 2.24) is 0 Å². The second-order valence-electron chi connectivity index (χ2n) is 4.91. The summed E-state index contributed by atoms with van der Waals surface area (Å²) >= 11 is 5.81. The number of rotatable bonds is 7. The van der Waals surface area contributed by atoms with Crippen molar-refractivity contribution in [2.24, 2.45) is 0 Å². The van der Waals surface area contributed by atoms with Gasteiger partial charge in [-0.25, -0.2) is 4.39 Å². The minimum atomic E-state index is -0.407. The average Bonchev–Trinajstić information content (AvgIpc) is 2.52. The van der Waals surface area contributed by atoms with Gasteiger partial charge in [-0.15, -0.1) is 0 Å². The molecule has 0 bridgehead atoms. The Bertz CT molecular complexity index is 604. The molecule has 0 saturated heterocycles. The molecule has 5 heteroatoms. The zero-order valence-corrected chi connectivity index (χ0v) is 13.4. The van der Waals surface area contributed by atoms with Gasteiger partial charge in [0.2, 0.25) is 0 Å². The monoisotopic (exact) mass is 323 g/mol. The Hall–Kier alpha value is -1.78. The standard InChI is InChI=1S/C17H19ClFNO2/c1-12(13-3-8-17(19)16(18)11-13)20-14-4-6-15(7-5-14)22-10-9-21-2/h3-8,11-12,20H,9-10H2,1-2H3. The molecule has 2 rings (SSSR count). The molecule has 118 valence electrons. The van der Waals surface area contributed by atoms with Crippen LogP contribution in [0.15, 0.2) is 42.5 Å². The summed E-state index contributed by atoms with van der Waals surface area (Å²) < 4.78 is 23.6. The first kappa shape index (κ1) is 16.6. The molecule has 0 radical (unpaired) electrons. The number of ether oxygens (including phenoxy) is 2. The summed E-state index contributed by atoms with van der Waals surface area (Å²) in [7, 11) is 1.64.